The summed E-state index contributed by atoms with van der Waals surface area (Å²) in [4.78, 5) is 0. The van der Waals surface area contributed by atoms with Gasteiger partial charge in [0.05, 0.1) is 25.9 Å². The first-order valence-electron chi connectivity index (χ1n) is 8.34. The average Bonchev–Trinajstić information content (AvgIpc) is 2.95. The van der Waals surface area contributed by atoms with E-state index in [4.69, 9.17) is 15.2 Å². The Morgan fingerprint density at radius 1 is 0.826 bits per heavy atom. The smallest absolute Gasteiger partial charge is 0.0720 e. The molecule has 2 N–H and O–H groups in total. The second kappa shape index (κ2) is 8.25. The van der Waals surface area contributed by atoms with E-state index in [0.29, 0.717) is 25.7 Å². The molecule has 1 saturated carbocycles. The van der Waals surface area contributed by atoms with Crippen LogP contribution in [0.1, 0.15) is 24.0 Å². The van der Waals surface area contributed by atoms with E-state index in [1.54, 1.807) is 0 Å². The lowest BCUT2D eigenvalue weighted by atomic mass is 10.1. The molecule has 0 radical (unpaired) electrons. The molecule has 1 aliphatic carbocycles. The van der Waals surface area contributed by atoms with Crippen LogP contribution in [0.25, 0.3) is 0 Å². The monoisotopic (exact) mass is 311 g/mol. The molecule has 2 aromatic carbocycles. The fourth-order valence-corrected chi connectivity index (χ4v) is 3.19. The Morgan fingerprint density at radius 3 is 2.09 bits per heavy atom. The molecular formula is C20H25NO2. The van der Waals surface area contributed by atoms with Crippen LogP contribution in [-0.2, 0) is 22.7 Å². The van der Waals surface area contributed by atoms with E-state index in [9.17, 15) is 0 Å². The summed E-state index contributed by atoms with van der Waals surface area (Å²) in [5.41, 5.74) is 8.54. The molecule has 0 bridgehead atoms. The first kappa shape index (κ1) is 16.2. The molecule has 0 saturated heterocycles. The number of benzene rings is 2. The van der Waals surface area contributed by atoms with Gasteiger partial charge in [0, 0.05) is 12.0 Å². The van der Waals surface area contributed by atoms with Crippen LogP contribution < -0.4 is 5.73 Å². The van der Waals surface area contributed by atoms with Crippen molar-refractivity contribution in [2.24, 2.45) is 11.7 Å². The van der Waals surface area contributed by atoms with Crippen LogP contribution in [-0.4, -0.2) is 18.8 Å². The summed E-state index contributed by atoms with van der Waals surface area (Å²) < 4.78 is 12.0. The number of nitrogens with two attached hydrogens (primary N) is 1. The van der Waals surface area contributed by atoms with Crippen LogP contribution in [0, 0.1) is 5.92 Å². The molecule has 0 heterocycles. The van der Waals surface area contributed by atoms with Gasteiger partial charge in [0.1, 0.15) is 0 Å². The van der Waals surface area contributed by atoms with Crippen molar-refractivity contribution in [1.82, 2.24) is 0 Å². The Hall–Kier alpha value is -1.68. The van der Waals surface area contributed by atoms with Crippen molar-refractivity contribution in [3.05, 3.63) is 71.8 Å². The van der Waals surface area contributed by atoms with Crippen molar-refractivity contribution in [3.8, 4) is 0 Å². The summed E-state index contributed by atoms with van der Waals surface area (Å²) >= 11 is 0. The maximum atomic E-state index is 6.13. The average molecular weight is 311 g/mol. The van der Waals surface area contributed by atoms with Gasteiger partial charge in [-0.05, 0) is 24.0 Å². The van der Waals surface area contributed by atoms with Gasteiger partial charge in [0.15, 0.2) is 0 Å². The zero-order valence-electron chi connectivity index (χ0n) is 13.4. The first-order valence-corrected chi connectivity index (χ1v) is 8.34. The fourth-order valence-electron chi connectivity index (χ4n) is 3.19. The summed E-state index contributed by atoms with van der Waals surface area (Å²) in [6.07, 6.45) is 2.10. The highest BCUT2D eigenvalue weighted by atomic mass is 16.5. The van der Waals surface area contributed by atoms with Crippen LogP contribution in [0.3, 0.4) is 0 Å². The first-order chi connectivity index (χ1) is 11.3. The summed E-state index contributed by atoms with van der Waals surface area (Å²) in [6.45, 7) is 2.01. The van der Waals surface area contributed by atoms with Crippen molar-refractivity contribution >= 4 is 0 Å². The highest BCUT2D eigenvalue weighted by molar-refractivity contribution is 5.14. The van der Waals surface area contributed by atoms with Gasteiger partial charge in [0.25, 0.3) is 0 Å². The summed E-state index contributed by atoms with van der Waals surface area (Å²) in [6, 6.07) is 20.8. The highest BCUT2D eigenvalue weighted by Gasteiger charge is 2.33. The Bertz CT molecular complexity index is 573. The Labute approximate surface area is 138 Å². The normalized spacial score (nSPS) is 24.0. The van der Waals surface area contributed by atoms with Crippen LogP contribution in [0.5, 0.6) is 0 Å². The van der Waals surface area contributed by atoms with Crippen LogP contribution in [0.2, 0.25) is 0 Å². The fraction of sp³-hybridized carbons (Fsp3) is 0.400. The maximum absolute atomic E-state index is 6.13. The minimum Gasteiger partial charge on any atom is -0.376 e. The molecule has 0 aliphatic heterocycles. The van der Waals surface area contributed by atoms with Gasteiger partial charge in [-0.15, -0.1) is 0 Å². The van der Waals surface area contributed by atoms with Gasteiger partial charge in [-0.1, -0.05) is 60.7 Å². The van der Waals surface area contributed by atoms with Crippen LogP contribution in [0.4, 0.5) is 0 Å². The van der Waals surface area contributed by atoms with Crippen molar-refractivity contribution in [2.45, 2.75) is 38.2 Å². The van der Waals surface area contributed by atoms with Gasteiger partial charge < -0.3 is 15.2 Å². The summed E-state index contributed by atoms with van der Waals surface area (Å²) in [5.74, 6) is 0.387. The topological polar surface area (TPSA) is 44.5 Å². The molecule has 3 nitrogen and oxygen atoms in total. The van der Waals surface area contributed by atoms with Gasteiger partial charge >= 0.3 is 0 Å². The SMILES string of the molecule is NC1CC(COCc2ccccc2)C(OCc2ccccc2)C1. The van der Waals surface area contributed by atoms with Crippen molar-refractivity contribution in [1.29, 1.82) is 0 Å². The zero-order valence-corrected chi connectivity index (χ0v) is 13.4. The molecule has 122 valence electrons. The van der Waals surface area contributed by atoms with Crippen LogP contribution in [0.15, 0.2) is 60.7 Å². The molecular weight excluding hydrogens is 286 g/mol. The highest BCUT2D eigenvalue weighted by Crippen LogP contribution is 2.29. The molecule has 0 spiro atoms. The number of hydrogen-bond acceptors (Lipinski definition) is 3. The molecule has 3 unspecified atom stereocenters. The maximum Gasteiger partial charge on any atom is 0.0720 e. The van der Waals surface area contributed by atoms with Crippen molar-refractivity contribution < 1.29 is 9.47 Å². The predicted octanol–water partition coefficient (Wildman–Crippen LogP) is 3.53. The van der Waals surface area contributed by atoms with E-state index in [2.05, 4.69) is 24.3 Å². The van der Waals surface area contributed by atoms with E-state index in [1.807, 2.05) is 36.4 Å². The van der Waals surface area contributed by atoms with E-state index in [0.717, 1.165) is 12.8 Å². The Kier molecular flexibility index (Phi) is 5.81. The molecule has 3 atom stereocenters. The Balaban J connectivity index is 1.47. The number of rotatable bonds is 7. The second-order valence-corrected chi connectivity index (χ2v) is 6.33. The minimum atomic E-state index is 0.195. The molecule has 0 amide bonds. The van der Waals surface area contributed by atoms with Crippen LogP contribution >= 0.6 is 0 Å². The van der Waals surface area contributed by atoms with Crippen molar-refractivity contribution in [3.63, 3.8) is 0 Å². The van der Waals surface area contributed by atoms with Gasteiger partial charge in [-0.25, -0.2) is 0 Å². The summed E-state index contributed by atoms with van der Waals surface area (Å²) in [7, 11) is 0. The number of hydrogen-bond donors (Lipinski definition) is 1. The molecule has 23 heavy (non-hydrogen) atoms. The molecule has 1 aliphatic rings. The third-order valence-electron chi connectivity index (χ3n) is 4.42. The number of ether oxygens (including phenoxy) is 2. The molecule has 3 heteroatoms. The Morgan fingerprint density at radius 2 is 1.43 bits per heavy atom. The summed E-state index contributed by atoms with van der Waals surface area (Å²) in [5, 5.41) is 0. The third-order valence-corrected chi connectivity index (χ3v) is 4.42. The van der Waals surface area contributed by atoms with E-state index in [1.165, 1.54) is 11.1 Å². The standard InChI is InChI=1S/C20H25NO2/c21-19-11-18(15-22-13-16-7-3-1-4-8-16)20(12-19)23-14-17-9-5-2-6-10-17/h1-10,18-20H,11-15,21H2. The zero-order chi connectivity index (χ0) is 15.9. The molecule has 0 aromatic heterocycles. The van der Waals surface area contributed by atoms with Crippen molar-refractivity contribution in [2.75, 3.05) is 6.61 Å². The largest absolute Gasteiger partial charge is 0.376 e. The third kappa shape index (κ3) is 4.90. The quantitative estimate of drug-likeness (QED) is 0.851. The van der Waals surface area contributed by atoms with E-state index >= 15 is 0 Å². The van der Waals surface area contributed by atoms with Gasteiger partial charge in [-0.2, -0.15) is 0 Å². The van der Waals surface area contributed by atoms with Gasteiger partial charge in [0.2, 0.25) is 0 Å². The molecule has 3 rings (SSSR count). The second-order valence-electron chi connectivity index (χ2n) is 6.33. The molecule has 2 aromatic rings. The lowest BCUT2D eigenvalue weighted by molar-refractivity contribution is -0.0188. The van der Waals surface area contributed by atoms with E-state index in [-0.39, 0.29) is 12.1 Å². The lowest BCUT2D eigenvalue weighted by Crippen LogP contribution is -2.22. The van der Waals surface area contributed by atoms with E-state index < -0.39 is 0 Å². The lowest BCUT2D eigenvalue weighted by Gasteiger charge is -2.20. The molecule has 1 fully saturated rings. The minimum absolute atomic E-state index is 0.195. The van der Waals surface area contributed by atoms with Gasteiger partial charge in [-0.3, -0.25) is 0 Å². The predicted molar refractivity (Wildman–Crippen MR) is 91.8 cm³/mol.